The highest BCUT2D eigenvalue weighted by Crippen LogP contribution is 2.44. The van der Waals surface area contributed by atoms with Crippen molar-refractivity contribution in [1.82, 2.24) is 0 Å². The topological polar surface area (TPSA) is 58.6 Å². The molecule has 3 aromatic rings. The summed E-state index contributed by atoms with van der Waals surface area (Å²) >= 11 is 7.69. The SMILES string of the molecule is CC(=O)Nc1cccc2c1OCCc1cc(C(=O)N(C)c3ccccc3Cl)sc1-2. The Morgan fingerprint density at radius 1 is 1.17 bits per heavy atom. The molecular weight excluding hydrogens is 408 g/mol. The van der Waals surface area contributed by atoms with Gasteiger partial charge in [0.15, 0.2) is 5.75 Å². The van der Waals surface area contributed by atoms with Crippen molar-refractivity contribution in [2.75, 3.05) is 23.9 Å². The third kappa shape index (κ3) is 3.73. The van der Waals surface area contributed by atoms with Gasteiger partial charge in [-0.25, -0.2) is 0 Å². The standard InChI is InChI=1S/C22H19ClN2O3S/c1-13(26)24-17-8-5-6-15-20(17)28-11-10-14-12-19(29-21(14)15)22(27)25(2)18-9-4-3-7-16(18)23/h3-9,12H,10-11H2,1-2H3,(H,24,26). The Balaban J connectivity index is 1.73. The Morgan fingerprint density at radius 3 is 2.72 bits per heavy atom. The molecule has 148 valence electrons. The van der Waals surface area contributed by atoms with Gasteiger partial charge in [0.2, 0.25) is 5.91 Å². The zero-order valence-corrected chi connectivity index (χ0v) is 17.6. The number of thiophene rings is 1. The molecule has 0 fully saturated rings. The molecule has 5 nitrogen and oxygen atoms in total. The first-order chi connectivity index (χ1) is 14.0. The van der Waals surface area contributed by atoms with Crippen molar-refractivity contribution in [2.24, 2.45) is 0 Å². The number of hydrogen-bond donors (Lipinski definition) is 1. The molecular formula is C22H19ClN2O3S. The van der Waals surface area contributed by atoms with Crippen LogP contribution in [0, 0.1) is 0 Å². The molecule has 0 aliphatic carbocycles. The van der Waals surface area contributed by atoms with E-state index in [1.165, 1.54) is 18.3 Å². The van der Waals surface area contributed by atoms with Gasteiger partial charge in [-0.3, -0.25) is 9.59 Å². The zero-order valence-electron chi connectivity index (χ0n) is 16.0. The van der Waals surface area contributed by atoms with E-state index in [1.54, 1.807) is 18.0 Å². The van der Waals surface area contributed by atoms with Crippen molar-refractivity contribution in [2.45, 2.75) is 13.3 Å². The molecule has 0 saturated carbocycles. The number of rotatable bonds is 3. The number of benzene rings is 2. The summed E-state index contributed by atoms with van der Waals surface area (Å²) in [6.07, 6.45) is 0.684. The van der Waals surface area contributed by atoms with E-state index in [1.807, 2.05) is 42.5 Å². The Hall–Kier alpha value is -2.83. The average Bonchev–Trinajstić information content (AvgIpc) is 3.04. The van der Waals surface area contributed by atoms with Gasteiger partial charge in [0.25, 0.3) is 5.91 Å². The summed E-state index contributed by atoms with van der Waals surface area (Å²) in [6.45, 7) is 1.94. The monoisotopic (exact) mass is 426 g/mol. The molecule has 7 heteroatoms. The number of carbonyl (C=O) groups excluding carboxylic acids is 2. The normalized spacial score (nSPS) is 12.2. The maximum Gasteiger partial charge on any atom is 0.268 e. The summed E-state index contributed by atoms with van der Waals surface area (Å²) in [5.41, 5.74) is 3.24. The highest BCUT2D eigenvalue weighted by atomic mass is 35.5. The number of amides is 2. The van der Waals surface area contributed by atoms with E-state index in [0.29, 0.717) is 40.1 Å². The molecule has 0 spiro atoms. The highest BCUT2D eigenvalue weighted by Gasteiger charge is 2.25. The lowest BCUT2D eigenvalue weighted by molar-refractivity contribution is -0.114. The lowest BCUT2D eigenvalue weighted by Crippen LogP contribution is -2.25. The minimum atomic E-state index is -0.158. The fourth-order valence-electron chi connectivity index (χ4n) is 3.37. The summed E-state index contributed by atoms with van der Waals surface area (Å²) in [6, 6.07) is 14.8. The molecule has 0 saturated heterocycles. The van der Waals surface area contributed by atoms with E-state index in [2.05, 4.69) is 5.32 Å². The first-order valence-electron chi connectivity index (χ1n) is 9.14. The second-order valence-electron chi connectivity index (χ2n) is 6.74. The van der Waals surface area contributed by atoms with Gasteiger partial charge in [0, 0.05) is 30.8 Å². The van der Waals surface area contributed by atoms with Crippen molar-refractivity contribution < 1.29 is 14.3 Å². The molecule has 4 rings (SSSR count). The van der Waals surface area contributed by atoms with Gasteiger partial charge in [0.05, 0.1) is 27.9 Å². The van der Waals surface area contributed by atoms with Crippen LogP contribution >= 0.6 is 22.9 Å². The number of carbonyl (C=O) groups is 2. The highest BCUT2D eigenvalue weighted by molar-refractivity contribution is 7.17. The Bertz CT molecular complexity index is 1110. The van der Waals surface area contributed by atoms with Crippen molar-refractivity contribution in [3.8, 4) is 16.2 Å². The van der Waals surface area contributed by atoms with Crippen LogP contribution in [0.15, 0.2) is 48.5 Å². The predicted octanol–water partition coefficient (Wildman–Crippen LogP) is 5.24. The van der Waals surface area contributed by atoms with Crippen LogP contribution in [0.25, 0.3) is 10.4 Å². The van der Waals surface area contributed by atoms with Gasteiger partial charge in [-0.05, 0) is 35.9 Å². The van der Waals surface area contributed by atoms with Crippen molar-refractivity contribution in [3.05, 3.63) is 64.0 Å². The summed E-state index contributed by atoms with van der Waals surface area (Å²) in [7, 11) is 1.72. The number of nitrogens with zero attached hydrogens (tertiary/aromatic N) is 1. The first-order valence-corrected chi connectivity index (χ1v) is 10.3. The number of nitrogens with one attached hydrogen (secondary N) is 1. The number of ether oxygens (including phenoxy) is 1. The maximum absolute atomic E-state index is 13.1. The third-order valence-corrected chi connectivity index (χ3v) is 6.24. The minimum Gasteiger partial charge on any atom is -0.490 e. The largest absolute Gasteiger partial charge is 0.490 e. The van der Waals surface area contributed by atoms with Crippen molar-refractivity contribution in [1.29, 1.82) is 0 Å². The van der Waals surface area contributed by atoms with Crippen LogP contribution in [0.2, 0.25) is 5.02 Å². The minimum absolute atomic E-state index is 0.114. The second kappa shape index (κ2) is 7.89. The molecule has 0 radical (unpaired) electrons. The fraction of sp³-hybridized carbons (Fsp3) is 0.182. The first kappa shape index (κ1) is 19.5. The van der Waals surface area contributed by atoms with Crippen LogP contribution in [0.5, 0.6) is 5.75 Å². The van der Waals surface area contributed by atoms with Gasteiger partial charge in [-0.2, -0.15) is 0 Å². The molecule has 2 heterocycles. The number of hydrogen-bond acceptors (Lipinski definition) is 4. The number of halogens is 1. The summed E-state index contributed by atoms with van der Waals surface area (Å²) in [5.74, 6) is 0.369. The molecule has 1 aromatic heterocycles. The van der Waals surface area contributed by atoms with E-state index in [0.717, 1.165) is 16.0 Å². The molecule has 0 atom stereocenters. The van der Waals surface area contributed by atoms with E-state index >= 15 is 0 Å². The molecule has 2 amide bonds. The molecule has 0 unspecified atom stereocenters. The molecule has 29 heavy (non-hydrogen) atoms. The van der Waals surface area contributed by atoms with E-state index in [4.69, 9.17) is 16.3 Å². The van der Waals surface area contributed by atoms with Crippen LogP contribution in [0.4, 0.5) is 11.4 Å². The van der Waals surface area contributed by atoms with Gasteiger partial charge in [-0.15, -0.1) is 11.3 Å². The zero-order chi connectivity index (χ0) is 20.5. The predicted molar refractivity (Wildman–Crippen MR) is 117 cm³/mol. The Kier molecular flexibility index (Phi) is 5.30. The van der Waals surface area contributed by atoms with Crippen LogP contribution < -0.4 is 15.0 Å². The van der Waals surface area contributed by atoms with Crippen molar-refractivity contribution >= 4 is 46.1 Å². The molecule has 0 bridgehead atoms. The molecule has 2 aromatic carbocycles. The Labute approximate surface area is 177 Å². The van der Waals surface area contributed by atoms with Crippen LogP contribution in [-0.2, 0) is 11.2 Å². The Morgan fingerprint density at radius 2 is 1.97 bits per heavy atom. The molecule has 1 aliphatic rings. The molecule has 1 N–H and O–H groups in total. The number of para-hydroxylation sites is 2. The van der Waals surface area contributed by atoms with Gasteiger partial charge >= 0.3 is 0 Å². The number of anilines is 2. The van der Waals surface area contributed by atoms with E-state index < -0.39 is 0 Å². The van der Waals surface area contributed by atoms with Gasteiger partial charge < -0.3 is 15.0 Å². The van der Waals surface area contributed by atoms with Crippen LogP contribution in [-0.4, -0.2) is 25.5 Å². The summed E-state index contributed by atoms with van der Waals surface area (Å²) in [5, 5.41) is 3.35. The van der Waals surface area contributed by atoms with Gasteiger partial charge in [0.1, 0.15) is 0 Å². The van der Waals surface area contributed by atoms with Gasteiger partial charge in [-0.1, -0.05) is 29.8 Å². The van der Waals surface area contributed by atoms with E-state index in [-0.39, 0.29) is 11.8 Å². The smallest absolute Gasteiger partial charge is 0.268 e. The van der Waals surface area contributed by atoms with Crippen LogP contribution in [0.3, 0.4) is 0 Å². The fourth-order valence-corrected chi connectivity index (χ4v) is 4.84. The summed E-state index contributed by atoms with van der Waals surface area (Å²) in [4.78, 5) is 27.8. The average molecular weight is 427 g/mol. The summed E-state index contributed by atoms with van der Waals surface area (Å²) < 4.78 is 5.93. The van der Waals surface area contributed by atoms with Crippen molar-refractivity contribution in [3.63, 3.8) is 0 Å². The second-order valence-corrected chi connectivity index (χ2v) is 8.20. The molecule has 1 aliphatic heterocycles. The quantitative estimate of drug-likeness (QED) is 0.623. The maximum atomic E-state index is 13.1. The lowest BCUT2D eigenvalue weighted by Gasteiger charge is -2.17. The lowest BCUT2D eigenvalue weighted by atomic mass is 10.1. The third-order valence-electron chi connectivity index (χ3n) is 4.73. The van der Waals surface area contributed by atoms with E-state index in [9.17, 15) is 9.59 Å². The van der Waals surface area contributed by atoms with Crippen LogP contribution in [0.1, 0.15) is 22.2 Å². The number of fused-ring (bicyclic) bond motifs is 3.